The molecule has 0 N–H and O–H groups in total. The highest BCUT2D eigenvalue weighted by Gasteiger charge is 2.16. The summed E-state index contributed by atoms with van der Waals surface area (Å²) in [6, 6.07) is 0. The van der Waals surface area contributed by atoms with Crippen LogP contribution < -0.4 is 0 Å². The highest BCUT2D eigenvalue weighted by atomic mass is 35.5. The first kappa shape index (κ1) is 11.7. The van der Waals surface area contributed by atoms with Crippen LogP contribution in [0.2, 0.25) is 5.15 Å². The van der Waals surface area contributed by atoms with E-state index in [0.717, 1.165) is 11.3 Å². The molecule has 0 amide bonds. The molecule has 0 saturated heterocycles. The van der Waals surface area contributed by atoms with Crippen LogP contribution in [0.25, 0.3) is 0 Å². The van der Waals surface area contributed by atoms with Crippen molar-refractivity contribution < 1.29 is 4.79 Å². The van der Waals surface area contributed by atoms with Crippen molar-refractivity contribution in [2.75, 3.05) is 0 Å². The van der Waals surface area contributed by atoms with E-state index in [-0.39, 0.29) is 12.2 Å². The summed E-state index contributed by atoms with van der Waals surface area (Å²) in [5.74, 6) is -0.115. The minimum Gasteiger partial charge on any atom is -0.292 e. The molecule has 5 nitrogen and oxygen atoms in total. The SMILES string of the molecule is Cc1nn(C)c(Cl)c1CC(=O)c1cnccn1. The van der Waals surface area contributed by atoms with Crippen LogP contribution in [-0.4, -0.2) is 25.5 Å². The van der Waals surface area contributed by atoms with Gasteiger partial charge < -0.3 is 0 Å². The molecule has 88 valence electrons. The number of hydrogen-bond acceptors (Lipinski definition) is 4. The fraction of sp³-hybridized carbons (Fsp3) is 0.273. The number of aryl methyl sites for hydroxylation is 2. The lowest BCUT2D eigenvalue weighted by atomic mass is 10.1. The minimum absolute atomic E-state index is 0.115. The van der Waals surface area contributed by atoms with Gasteiger partial charge in [0.05, 0.1) is 11.9 Å². The highest BCUT2D eigenvalue weighted by molar-refractivity contribution is 6.30. The molecule has 0 aliphatic rings. The summed E-state index contributed by atoms with van der Waals surface area (Å²) in [5.41, 5.74) is 1.84. The zero-order valence-corrected chi connectivity index (χ0v) is 10.3. The van der Waals surface area contributed by atoms with E-state index in [9.17, 15) is 4.79 Å². The number of rotatable bonds is 3. The summed E-state index contributed by atoms with van der Waals surface area (Å²) in [6.45, 7) is 1.82. The van der Waals surface area contributed by atoms with Crippen LogP contribution in [0.5, 0.6) is 0 Å². The van der Waals surface area contributed by atoms with Crippen LogP contribution in [0.15, 0.2) is 18.6 Å². The molecule has 0 aliphatic carbocycles. The van der Waals surface area contributed by atoms with Crippen molar-refractivity contribution in [3.05, 3.63) is 40.7 Å². The lowest BCUT2D eigenvalue weighted by Crippen LogP contribution is -2.07. The predicted octanol–water partition coefficient (Wildman–Crippen LogP) is 1.60. The molecule has 2 heterocycles. The summed E-state index contributed by atoms with van der Waals surface area (Å²) in [4.78, 5) is 19.7. The Morgan fingerprint density at radius 2 is 2.24 bits per heavy atom. The van der Waals surface area contributed by atoms with Gasteiger partial charge in [0.2, 0.25) is 0 Å². The van der Waals surface area contributed by atoms with Crippen molar-refractivity contribution in [2.45, 2.75) is 13.3 Å². The van der Waals surface area contributed by atoms with Gasteiger partial charge in [-0.15, -0.1) is 0 Å². The molecule has 0 spiro atoms. The van der Waals surface area contributed by atoms with Gasteiger partial charge in [0, 0.05) is 31.4 Å². The zero-order valence-electron chi connectivity index (χ0n) is 9.51. The molecule has 0 radical (unpaired) electrons. The molecule has 2 rings (SSSR count). The Morgan fingerprint density at radius 3 is 2.76 bits per heavy atom. The summed E-state index contributed by atoms with van der Waals surface area (Å²) in [5, 5.41) is 4.64. The van der Waals surface area contributed by atoms with Gasteiger partial charge >= 0.3 is 0 Å². The third-order valence-electron chi connectivity index (χ3n) is 2.46. The van der Waals surface area contributed by atoms with Crippen molar-refractivity contribution in [3.8, 4) is 0 Å². The normalized spacial score (nSPS) is 10.5. The van der Waals surface area contributed by atoms with Gasteiger partial charge in [0.25, 0.3) is 0 Å². The average molecular weight is 251 g/mol. The van der Waals surface area contributed by atoms with Crippen molar-refractivity contribution in [2.24, 2.45) is 7.05 Å². The van der Waals surface area contributed by atoms with Gasteiger partial charge in [-0.1, -0.05) is 11.6 Å². The predicted molar refractivity (Wildman–Crippen MR) is 63.0 cm³/mol. The van der Waals surface area contributed by atoms with Gasteiger partial charge in [-0.05, 0) is 6.92 Å². The van der Waals surface area contributed by atoms with Crippen molar-refractivity contribution in [1.29, 1.82) is 0 Å². The van der Waals surface area contributed by atoms with E-state index in [0.29, 0.717) is 10.8 Å². The topological polar surface area (TPSA) is 60.7 Å². The Balaban J connectivity index is 2.25. The largest absolute Gasteiger partial charge is 0.292 e. The molecular formula is C11H11ClN4O. The lowest BCUT2D eigenvalue weighted by molar-refractivity contribution is 0.0987. The monoisotopic (exact) mass is 250 g/mol. The minimum atomic E-state index is -0.115. The van der Waals surface area contributed by atoms with Gasteiger partial charge in [-0.25, -0.2) is 4.98 Å². The molecular weight excluding hydrogens is 240 g/mol. The molecule has 0 aliphatic heterocycles. The Hall–Kier alpha value is -1.75. The standard InChI is InChI=1S/C11H11ClN4O/c1-7-8(11(12)16(2)15-7)5-10(17)9-6-13-3-4-14-9/h3-4,6H,5H2,1-2H3. The Bertz CT molecular complexity index is 550. The van der Waals surface area contributed by atoms with Crippen LogP contribution in [-0.2, 0) is 13.5 Å². The van der Waals surface area contributed by atoms with Crippen LogP contribution >= 0.6 is 11.6 Å². The van der Waals surface area contributed by atoms with E-state index in [1.165, 1.54) is 18.6 Å². The second-order valence-electron chi connectivity index (χ2n) is 3.67. The van der Waals surface area contributed by atoms with E-state index < -0.39 is 0 Å². The number of nitrogens with zero attached hydrogens (tertiary/aromatic N) is 4. The van der Waals surface area contributed by atoms with Crippen molar-refractivity contribution >= 4 is 17.4 Å². The third kappa shape index (κ3) is 2.34. The van der Waals surface area contributed by atoms with Gasteiger partial charge in [0.15, 0.2) is 5.78 Å². The smallest absolute Gasteiger partial charge is 0.187 e. The highest BCUT2D eigenvalue weighted by Crippen LogP contribution is 2.20. The van der Waals surface area contributed by atoms with E-state index >= 15 is 0 Å². The molecule has 17 heavy (non-hydrogen) atoms. The third-order valence-corrected chi connectivity index (χ3v) is 2.93. The quantitative estimate of drug-likeness (QED) is 0.777. The molecule has 0 bridgehead atoms. The molecule has 0 aromatic carbocycles. The van der Waals surface area contributed by atoms with Gasteiger partial charge in [0.1, 0.15) is 10.8 Å². The van der Waals surface area contributed by atoms with E-state index in [2.05, 4.69) is 15.1 Å². The molecule has 0 saturated carbocycles. The number of carbonyl (C=O) groups excluding carboxylic acids is 1. The molecule has 0 fully saturated rings. The Labute approximate surface area is 103 Å². The number of carbonyl (C=O) groups is 1. The number of ketones is 1. The number of aromatic nitrogens is 4. The van der Waals surface area contributed by atoms with Crippen molar-refractivity contribution in [3.63, 3.8) is 0 Å². The van der Waals surface area contributed by atoms with Crippen LogP contribution in [0.3, 0.4) is 0 Å². The first-order valence-corrected chi connectivity index (χ1v) is 5.44. The van der Waals surface area contributed by atoms with Crippen LogP contribution in [0.4, 0.5) is 0 Å². The van der Waals surface area contributed by atoms with Crippen molar-refractivity contribution in [1.82, 2.24) is 19.7 Å². The summed E-state index contributed by atoms with van der Waals surface area (Å²) in [7, 11) is 1.74. The van der Waals surface area contributed by atoms with E-state index in [1.54, 1.807) is 11.7 Å². The van der Waals surface area contributed by atoms with E-state index in [4.69, 9.17) is 11.6 Å². The number of hydrogen-bond donors (Lipinski definition) is 0. The molecule has 6 heteroatoms. The molecule has 0 atom stereocenters. The molecule has 2 aromatic heterocycles. The second-order valence-corrected chi connectivity index (χ2v) is 4.03. The molecule has 0 unspecified atom stereocenters. The van der Waals surface area contributed by atoms with Crippen LogP contribution in [0, 0.1) is 6.92 Å². The fourth-order valence-corrected chi connectivity index (χ4v) is 1.81. The first-order valence-electron chi connectivity index (χ1n) is 5.06. The summed E-state index contributed by atoms with van der Waals surface area (Å²) in [6.07, 6.45) is 4.66. The number of Topliss-reactive ketones (excluding diaryl/α,β-unsaturated/α-hetero) is 1. The fourth-order valence-electron chi connectivity index (χ4n) is 1.57. The average Bonchev–Trinajstić information content (AvgIpc) is 2.57. The summed E-state index contributed by atoms with van der Waals surface area (Å²) >= 11 is 6.06. The zero-order chi connectivity index (χ0) is 12.4. The Kier molecular flexibility index (Phi) is 3.19. The lowest BCUT2D eigenvalue weighted by Gasteiger charge is -1.99. The van der Waals surface area contributed by atoms with Gasteiger partial charge in [-0.3, -0.25) is 14.5 Å². The maximum atomic E-state index is 11.9. The van der Waals surface area contributed by atoms with Gasteiger partial charge in [-0.2, -0.15) is 5.10 Å². The maximum absolute atomic E-state index is 11.9. The maximum Gasteiger partial charge on any atom is 0.187 e. The van der Waals surface area contributed by atoms with E-state index in [1.807, 2.05) is 6.92 Å². The second kappa shape index (κ2) is 4.63. The summed E-state index contributed by atoms with van der Waals surface area (Å²) < 4.78 is 1.55. The molecule has 2 aromatic rings. The van der Waals surface area contributed by atoms with Crippen LogP contribution in [0.1, 0.15) is 21.7 Å². The Morgan fingerprint density at radius 1 is 1.47 bits per heavy atom. The first-order chi connectivity index (χ1) is 8.09. The number of halogens is 1.